The summed E-state index contributed by atoms with van der Waals surface area (Å²) in [5.41, 5.74) is 2.71. The van der Waals surface area contributed by atoms with Crippen LogP contribution < -0.4 is 10.2 Å². The quantitative estimate of drug-likeness (QED) is 0.799. The standard InChI is InChI=1S/C17H29N3O/c1-3-19-8-10-20(11-9-19)17-7-5-4-6-16(17)13-18-12-15(2)14-21/h4-7,15,18,21H,3,8-14H2,1-2H3. The van der Waals surface area contributed by atoms with Gasteiger partial charge in [-0.2, -0.15) is 0 Å². The number of hydrogen-bond donors (Lipinski definition) is 2. The van der Waals surface area contributed by atoms with Crippen LogP contribution in [-0.2, 0) is 6.54 Å². The van der Waals surface area contributed by atoms with E-state index in [2.05, 4.69) is 53.2 Å². The minimum absolute atomic E-state index is 0.244. The van der Waals surface area contributed by atoms with Crippen LogP contribution in [0.5, 0.6) is 0 Å². The van der Waals surface area contributed by atoms with Crippen molar-refractivity contribution in [1.82, 2.24) is 10.2 Å². The maximum absolute atomic E-state index is 9.09. The second kappa shape index (κ2) is 8.37. The minimum atomic E-state index is 0.244. The summed E-state index contributed by atoms with van der Waals surface area (Å²) in [7, 11) is 0. The third-order valence-electron chi connectivity index (χ3n) is 4.27. The highest BCUT2D eigenvalue weighted by Crippen LogP contribution is 2.21. The van der Waals surface area contributed by atoms with E-state index in [-0.39, 0.29) is 6.61 Å². The van der Waals surface area contributed by atoms with Crippen LogP contribution in [0.15, 0.2) is 24.3 Å². The molecule has 0 bridgehead atoms. The molecule has 2 N–H and O–H groups in total. The molecule has 1 aromatic rings. The zero-order valence-corrected chi connectivity index (χ0v) is 13.4. The second-order valence-corrected chi connectivity index (χ2v) is 5.97. The average Bonchev–Trinajstić information content (AvgIpc) is 2.55. The molecule has 1 aromatic carbocycles. The number of para-hydroxylation sites is 1. The van der Waals surface area contributed by atoms with E-state index in [4.69, 9.17) is 5.11 Å². The Kier molecular flexibility index (Phi) is 6.49. The summed E-state index contributed by atoms with van der Waals surface area (Å²) >= 11 is 0. The molecule has 2 rings (SSSR count). The number of aliphatic hydroxyl groups excluding tert-OH is 1. The van der Waals surface area contributed by atoms with Crippen LogP contribution in [0.4, 0.5) is 5.69 Å². The summed E-state index contributed by atoms with van der Waals surface area (Å²) in [5.74, 6) is 0.310. The van der Waals surface area contributed by atoms with Gasteiger partial charge in [-0.25, -0.2) is 0 Å². The van der Waals surface area contributed by atoms with Gasteiger partial charge in [-0.15, -0.1) is 0 Å². The smallest absolute Gasteiger partial charge is 0.0468 e. The van der Waals surface area contributed by atoms with Gasteiger partial charge in [0, 0.05) is 51.6 Å². The molecule has 1 fully saturated rings. The molecule has 4 heteroatoms. The average molecular weight is 291 g/mol. The third kappa shape index (κ3) is 4.70. The molecule has 0 saturated carbocycles. The lowest BCUT2D eigenvalue weighted by Gasteiger charge is -2.36. The number of rotatable bonds is 7. The van der Waals surface area contributed by atoms with Crippen molar-refractivity contribution in [1.29, 1.82) is 0 Å². The largest absolute Gasteiger partial charge is 0.396 e. The number of aliphatic hydroxyl groups is 1. The first-order chi connectivity index (χ1) is 10.2. The molecule has 1 saturated heterocycles. The molecule has 0 amide bonds. The lowest BCUT2D eigenvalue weighted by atomic mass is 10.1. The van der Waals surface area contributed by atoms with Gasteiger partial charge in [0.1, 0.15) is 0 Å². The van der Waals surface area contributed by atoms with E-state index in [1.54, 1.807) is 0 Å². The molecule has 0 radical (unpaired) electrons. The molecule has 0 aromatic heterocycles. The fourth-order valence-corrected chi connectivity index (χ4v) is 2.79. The summed E-state index contributed by atoms with van der Waals surface area (Å²) in [5, 5.41) is 12.5. The second-order valence-electron chi connectivity index (χ2n) is 5.97. The molecule has 21 heavy (non-hydrogen) atoms. The van der Waals surface area contributed by atoms with Crippen LogP contribution in [0.2, 0.25) is 0 Å². The SMILES string of the molecule is CCN1CCN(c2ccccc2CNCC(C)CO)CC1. The van der Waals surface area contributed by atoms with Crippen LogP contribution in [-0.4, -0.2) is 55.9 Å². The zero-order chi connectivity index (χ0) is 15.1. The maximum Gasteiger partial charge on any atom is 0.0468 e. The van der Waals surface area contributed by atoms with Crippen molar-refractivity contribution in [3.8, 4) is 0 Å². The minimum Gasteiger partial charge on any atom is -0.396 e. The van der Waals surface area contributed by atoms with E-state index in [0.29, 0.717) is 5.92 Å². The van der Waals surface area contributed by atoms with Gasteiger partial charge < -0.3 is 20.2 Å². The molecule has 4 nitrogen and oxygen atoms in total. The molecular weight excluding hydrogens is 262 g/mol. The van der Waals surface area contributed by atoms with Gasteiger partial charge in [0.25, 0.3) is 0 Å². The number of nitrogens with zero attached hydrogens (tertiary/aromatic N) is 2. The Morgan fingerprint density at radius 3 is 2.57 bits per heavy atom. The Hall–Kier alpha value is -1.10. The number of nitrogens with one attached hydrogen (secondary N) is 1. The highest BCUT2D eigenvalue weighted by atomic mass is 16.3. The van der Waals surface area contributed by atoms with Crippen LogP contribution in [0.3, 0.4) is 0 Å². The summed E-state index contributed by atoms with van der Waals surface area (Å²) in [6.07, 6.45) is 0. The number of piperazine rings is 1. The van der Waals surface area contributed by atoms with Crippen molar-refractivity contribution in [2.24, 2.45) is 5.92 Å². The number of anilines is 1. The van der Waals surface area contributed by atoms with Crippen LogP contribution >= 0.6 is 0 Å². The van der Waals surface area contributed by atoms with Crippen LogP contribution in [0.1, 0.15) is 19.4 Å². The highest BCUT2D eigenvalue weighted by Gasteiger charge is 2.17. The van der Waals surface area contributed by atoms with Gasteiger partial charge in [-0.05, 0) is 24.1 Å². The van der Waals surface area contributed by atoms with Crippen LogP contribution in [0, 0.1) is 5.92 Å². The predicted molar refractivity (Wildman–Crippen MR) is 88.7 cm³/mol. The van der Waals surface area contributed by atoms with Crippen LogP contribution in [0.25, 0.3) is 0 Å². The monoisotopic (exact) mass is 291 g/mol. The molecule has 0 aliphatic carbocycles. The maximum atomic E-state index is 9.09. The predicted octanol–water partition coefficient (Wildman–Crippen LogP) is 1.55. The molecule has 0 spiro atoms. The van der Waals surface area contributed by atoms with Gasteiger partial charge in [-0.3, -0.25) is 0 Å². The van der Waals surface area contributed by atoms with E-state index < -0.39 is 0 Å². The molecular formula is C17H29N3O. The van der Waals surface area contributed by atoms with E-state index >= 15 is 0 Å². The normalized spacial score (nSPS) is 18.0. The van der Waals surface area contributed by atoms with E-state index in [0.717, 1.165) is 45.8 Å². The third-order valence-corrected chi connectivity index (χ3v) is 4.27. The zero-order valence-electron chi connectivity index (χ0n) is 13.4. The fourth-order valence-electron chi connectivity index (χ4n) is 2.79. The van der Waals surface area contributed by atoms with Gasteiger partial charge in [0.05, 0.1) is 0 Å². The summed E-state index contributed by atoms with van der Waals surface area (Å²) in [6.45, 7) is 11.9. The Morgan fingerprint density at radius 1 is 1.19 bits per heavy atom. The Bertz CT molecular complexity index is 416. The topological polar surface area (TPSA) is 38.7 Å². The van der Waals surface area contributed by atoms with Crippen molar-refractivity contribution in [2.75, 3.05) is 50.8 Å². The van der Waals surface area contributed by atoms with Gasteiger partial charge >= 0.3 is 0 Å². The van der Waals surface area contributed by atoms with E-state index in [1.165, 1.54) is 11.3 Å². The van der Waals surface area contributed by atoms with Gasteiger partial charge in [-0.1, -0.05) is 32.0 Å². The summed E-state index contributed by atoms with van der Waals surface area (Å²) < 4.78 is 0. The summed E-state index contributed by atoms with van der Waals surface area (Å²) in [6, 6.07) is 8.67. The molecule has 1 aliphatic rings. The Morgan fingerprint density at radius 2 is 1.90 bits per heavy atom. The molecule has 1 aliphatic heterocycles. The van der Waals surface area contributed by atoms with Crippen molar-refractivity contribution < 1.29 is 5.11 Å². The van der Waals surface area contributed by atoms with Gasteiger partial charge in [0.15, 0.2) is 0 Å². The highest BCUT2D eigenvalue weighted by molar-refractivity contribution is 5.54. The van der Waals surface area contributed by atoms with E-state index in [9.17, 15) is 0 Å². The van der Waals surface area contributed by atoms with Crippen molar-refractivity contribution in [3.63, 3.8) is 0 Å². The number of hydrogen-bond acceptors (Lipinski definition) is 4. The number of likely N-dealkylation sites (N-methyl/N-ethyl adjacent to an activating group) is 1. The molecule has 1 heterocycles. The number of benzene rings is 1. The van der Waals surface area contributed by atoms with Crippen molar-refractivity contribution in [2.45, 2.75) is 20.4 Å². The lowest BCUT2D eigenvalue weighted by molar-refractivity contribution is 0.233. The van der Waals surface area contributed by atoms with E-state index in [1.807, 2.05) is 0 Å². The fraction of sp³-hybridized carbons (Fsp3) is 0.647. The van der Waals surface area contributed by atoms with Gasteiger partial charge in [0.2, 0.25) is 0 Å². The Labute approximate surface area is 128 Å². The molecule has 118 valence electrons. The van der Waals surface area contributed by atoms with Crippen molar-refractivity contribution >= 4 is 5.69 Å². The summed E-state index contributed by atoms with van der Waals surface area (Å²) in [4.78, 5) is 5.00. The molecule has 1 unspecified atom stereocenters. The first kappa shape index (κ1) is 16.3. The Balaban J connectivity index is 1.94. The first-order valence-corrected chi connectivity index (χ1v) is 8.11. The van der Waals surface area contributed by atoms with Crippen molar-refractivity contribution in [3.05, 3.63) is 29.8 Å². The first-order valence-electron chi connectivity index (χ1n) is 8.11. The lowest BCUT2D eigenvalue weighted by Crippen LogP contribution is -2.46. The molecule has 1 atom stereocenters.